The molecule has 1 aromatic heterocycles. The first-order valence-corrected chi connectivity index (χ1v) is 12.2. The highest BCUT2D eigenvalue weighted by atomic mass is 35.5. The number of rotatable bonds is 10. The summed E-state index contributed by atoms with van der Waals surface area (Å²) in [6.45, 7) is 6.48. The number of sulfone groups is 1. The first kappa shape index (κ1) is 21.9. The molecular weight excluding hydrogens is 395 g/mol. The van der Waals surface area contributed by atoms with Crippen LogP contribution in [0.4, 0.5) is 0 Å². The number of halogens is 1. The van der Waals surface area contributed by atoms with Crippen molar-refractivity contribution in [3.8, 4) is 5.88 Å². The highest BCUT2D eigenvalue weighted by Crippen LogP contribution is 2.51. The molecule has 0 aliphatic rings. The average molecular weight is 419 g/mol. The Balaban J connectivity index is 3.39. The zero-order chi connectivity index (χ0) is 18.5. The van der Waals surface area contributed by atoms with Crippen molar-refractivity contribution in [3.05, 3.63) is 5.02 Å². The molecule has 11 heteroatoms. The Bertz CT molecular complexity index is 695. The third-order valence-corrected chi connectivity index (χ3v) is 7.97. The molecule has 0 saturated heterocycles. The zero-order valence-electron chi connectivity index (χ0n) is 14.5. The summed E-state index contributed by atoms with van der Waals surface area (Å²) in [5, 5.41) is 3.38. The summed E-state index contributed by atoms with van der Waals surface area (Å²) < 4.78 is 42.9. The summed E-state index contributed by atoms with van der Waals surface area (Å²) in [6.07, 6.45) is 0.684. The largest absolute Gasteiger partial charge is 0.402 e. The Morgan fingerprint density at radius 1 is 1.25 bits per heavy atom. The van der Waals surface area contributed by atoms with Gasteiger partial charge in [0.25, 0.3) is 5.88 Å². The molecular formula is C13H24ClN2O5PS2. The molecule has 0 bridgehead atoms. The van der Waals surface area contributed by atoms with E-state index in [2.05, 4.69) is 5.10 Å². The number of aromatic nitrogens is 2. The zero-order valence-corrected chi connectivity index (χ0v) is 17.8. The Morgan fingerprint density at radius 2 is 1.79 bits per heavy atom. The maximum absolute atomic E-state index is 12.6. The second-order valence-electron chi connectivity index (χ2n) is 5.12. The molecule has 0 N–H and O–H groups in total. The van der Waals surface area contributed by atoms with Crippen LogP contribution in [0.1, 0.15) is 41.0 Å². The van der Waals surface area contributed by atoms with Gasteiger partial charge in [0.2, 0.25) is 0 Å². The number of aryl methyl sites for hydroxylation is 1. The molecule has 1 rings (SSSR count). The Kier molecular flexibility index (Phi) is 8.16. The lowest BCUT2D eigenvalue weighted by atomic mass is 10.5. The lowest BCUT2D eigenvalue weighted by Crippen LogP contribution is -2.19. The highest BCUT2D eigenvalue weighted by molar-refractivity contribution is 8.07. The van der Waals surface area contributed by atoms with Crippen molar-refractivity contribution in [3.63, 3.8) is 0 Å². The number of nitrogens with zero attached hydrogens (tertiary/aromatic N) is 2. The van der Waals surface area contributed by atoms with Gasteiger partial charge in [0, 0.05) is 18.4 Å². The summed E-state index contributed by atoms with van der Waals surface area (Å²) in [5.41, 5.74) is 0. The van der Waals surface area contributed by atoms with Crippen molar-refractivity contribution in [2.24, 2.45) is 0 Å². The third kappa shape index (κ3) is 4.93. The molecule has 0 unspecified atom stereocenters. The van der Waals surface area contributed by atoms with Gasteiger partial charge < -0.3 is 4.52 Å². The van der Waals surface area contributed by atoms with E-state index in [9.17, 15) is 8.42 Å². The lowest BCUT2D eigenvalue weighted by molar-refractivity contribution is 0.215. The van der Waals surface area contributed by atoms with Gasteiger partial charge in [-0.1, -0.05) is 18.5 Å². The molecule has 0 aliphatic carbocycles. The fourth-order valence-corrected chi connectivity index (χ4v) is 5.59. The molecule has 0 aromatic carbocycles. The van der Waals surface area contributed by atoms with Crippen LogP contribution in [0.15, 0.2) is 5.03 Å². The van der Waals surface area contributed by atoms with E-state index in [1.165, 1.54) is 4.68 Å². The van der Waals surface area contributed by atoms with Crippen LogP contribution in [0.3, 0.4) is 0 Å². The van der Waals surface area contributed by atoms with Gasteiger partial charge in [-0.3, -0.25) is 9.05 Å². The maximum atomic E-state index is 12.6. The Morgan fingerprint density at radius 3 is 2.21 bits per heavy atom. The summed E-state index contributed by atoms with van der Waals surface area (Å²) in [6, 6.07) is 0. The number of hydrogen-bond donors (Lipinski definition) is 0. The first-order valence-electron chi connectivity index (χ1n) is 7.71. The van der Waals surface area contributed by atoms with Crippen molar-refractivity contribution < 1.29 is 22.0 Å². The quantitative estimate of drug-likeness (QED) is 0.534. The van der Waals surface area contributed by atoms with Crippen LogP contribution in [0.2, 0.25) is 5.02 Å². The topological polar surface area (TPSA) is 79.7 Å². The van der Waals surface area contributed by atoms with Crippen LogP contribution in [0.5, 0.6) is 5.88 Å². The predicted molar refractivity (Wildman–Crippen MR) is 98.0 cm³/mol. The van der Waals surface area contributed by atoms with Gasteiger partial charge in [0.1, 0.15) is 5.02 Å². The summed E-state index contributed by atoms with van der Waals surface area (Å²) in [7, 11) is -3.63. The van der Waals surface area contributed by atoms with E-state index in [1.807, 2.05) is 6.92 Å². The normalized spacial score (nSPS) is 12.8. The smallest absolute Gasteiger partial charge is 0.381 e. The molecule has 0 fully saturated rings. The van der Waals surface area contributed by atoms with E-state index in [1.54, 1.807) is 27.7 Å². The van der Waals surface area contributed by atoms with E-state index < -0.39 is 21.8 Å². The molecule has 0 aliphatic heterocycles. The second-order valence-corrected chi connectivity index (χ2v) is 10.8. The number of hydrogen-bond acceptors (Lipinski definition) is 7. The van der Waals surface area contributed by atoms with Gasteiger partial charge in [0.15, 0.2) is 14.9 Å². The van der Waals surface area contributed by atoms with Gasteiger partial charge in [-0.25, -0.2) is 13.1 Å². The third-order valence-electron chi connectivity index (χ3n) is 2.92. The standard InChI is InChI=1S/C13H24ClN2O5PS2/c1-6-9-16-13(24(17,18)10(4)5)11(14)12(15-16)21-22(23,19-7-2)20-8-3/h10H,6-9H2,1-5H3. The van der Waals surface area contributed by atoms with Crippen LogP contribution in [-0.4, -0.2) is 36.7 Å². The fourth-order valence-electron chi connectivity index (χ4n) is 1.83. The van der Waals surface area contributed by atoms with Crippen LogP contribution < -0.4 is 4.52 Å². The summed E-state index contributed by atoms with van der Waals surface area (Å²) in [5.74, 6) is -0.0745. The van der Waals surface area contributed by atoms with Crippen LogP contribution in [0, 0.1) is 0 Å². The first-order chi connectivity index (χ1) is 11.1. The average Bonchev–Trinajstić information content (AvgIpc) is 2.75. The van der Waals surface area contributed by atoms with Crippen LogP contribution >= 0.6 is 18.3 Å². The van der Waals surface area contributed by atoms with E-state index in [4.69, 9.17) is 37.0 Å². The fraction of sp³-hybridized carbons (Fsp3) is 0.769. The van der Waals surface area contributed by atoms with Crippen molar-refractivity contribution in [1.29, 1.82) is 0 Å². The van der Waals surface area contributed by atoms with Gasteiger partial charge in [-0.15, -0.1) is 5.10 Å². The lowest BCUT2D eigenvalue weighted by Gasteiger charge is -2.19. The molecule has 0 radical (unpaired) electrons. The predicted octanol–water partition coefficient (Wildman–Crippen LogP) is 3.80. The molecule has 0 atom stereocenters. The second kappa shape index (κ2) is 8.96. The van der Waals surface area contributed by atoms with Crippen LogP contribution in [-0.2, 0) is 37.2 Å². The SMILES string of the molecule is CCCn1nc(OP(=S)(OCC)OCC)c(Cl)c1S(=O)(=O)C(C)C. The Labute approximate surface area is 153 Å². The Hall–Kier alpha value is -0.180. The molecule has 7 nitrogen and oxygen atoms in total. The molecule has 1 aromatic rings. The minimum atomic E-state index is -3.63. The van der Waals surface area contributed by atoms with Gasteiger partial charge in [-0.05, 0) is 34.1 Å². The minimum Gasteiger partial charge on any atom is -0.402 e. The van der Waals surface area contributed by atoms with Gasteiger partial charge in [-0.2, -0.15) is 0 Å². The summed E-state index contributed by atoms with van der Waals surface area (Å²) >= 11 is 11.6. The minimum absolute atomic E-state index is 0.0643. The van der Waals surface area contributed by atoms with Gasteiger partial charge >= 0.3 is 6.72 Å². The maximum Gasteiger partial charge on any atom is 0.381 e. The van der Waals surface area contributed by atoms with Crippen molar-refractivity contribution in [2.75, 3.05) is 13.2 Å². The van der Waals surface area contributed by atoms with Crippen molar-refractivity contribution >= 4 is 40.0 Å². The van der Waals surface area contributed by atoms with Crippen molar-refractivity contribution in [2.45, 2.75) is 57.9 Å². The highest BCUT2D eigenvalue weighted by Gasteiger charge is 2.33. The monoisotopic (exact) mass is 418 g/mol. The van der Waals surface area contributed by atoms with E-state index in [0.717, 1.165) is 0 Å². The van der Waals surface area contributed by atoms with Crippen molar-refractivity contribution in [1.82, 2.24) is 9.78 Å². The van der Waals surface area contributed by atoms with Gasteiger partial charge in [0.05, 0.1) is 18.5 Å². The van der Waals surface area contributed by atoms with E-state index in [-0.39, 0.29) is 15.9 Å². The molecule has 0 saturated carbocycles. The van der Waals surface area contributed by atoms with Crippen LogP contribution in [0.25, 0.3) is 0 Å². The molecule has 24 heavy (non-hydrogen) atoms. The molecule has 0 spiro atoms. The molecule has 1 heterocycles. The van der Waals surface area contributed by atoms with E-state index in [0.29, 0.717) is 26.2 Å². The molecule has 0 amide bonds. The molecule has 140 valence electrons. The van der Waals surface area contributed by atoms with E-state index >= 15 is 0 Å². The summed E-state index contributed by atoms with van der Waals surface area (Å²) in [4.78, 5) is 0.